The summed E-state index contributed by atoms with van der Waals surface area (Å²) in [5, 5.41) is 6.57. The van der Waals surface area contributed by atoms with Crippen LogP contribution in [-0.2, 0) is 0 Å². The Morgan fingerprint density at radius 3 is 2.05 bits per heavy atom. The molecule has 1 aromatic carbocycles. The number of Topliss-reactive ketones (excluding diaryl/α,β-unsaturated/α-hetero) is 1. The van der Waals surface area contributed by atoms with E-state index in [1.807, 2.05) is 24.3 Å². The highest BCUT2D eigenvalue weighted by atomic mass is 32.1. The lowest BCUT2D eigenvalue weighted by molar-refractivity contribution is 0.101. The Hall–Kier alpha value is -2.27. The third-order valence-corrected chi connectivity index (χ3v) is 2.69. The molecule has 0 amide bonds. The van der Waals surface area contributed by atoms with Crippen LogP contribution in [-0.4, -0.2) is 15.9 Å². The highest BCUT2D eigenvalue weighted by molar-refractivity contribution is 7.80. The van der Waals surface area contributed by atoms with Gasteiger partial charge in [0.05, 0.1) is 0 Å². The summed E-state index contributed by atoms with van der Waals surface area (Å²) in [5.74, 6) is 0.0454. The molecule has 0 aliphatic rings. The van der Waals surface area contributed by atoms with Crippen LogP contribution in [0.25, 0.3) is 0 Å². The van der Waals surface area contributed by atoms with E-state index >= 15 is 0 Å². The first kappa shape index (κ1) is 13.2. The molecule has 5 heteroatoms. The van der Waals surface area contributed by atoms with Gasteiger partial charge in [-0.15, -0.1) is 0 Å². The molecule has 0 fully saturated rings. The molecular weight excluding hydrogens is 258 g/mol. The number of ketones is 1. The maximum Gasteiger partial charge on any atom is 0.175 e. The lowest BCUT2D eigenvalue weighted by Gasteiger charge is -2.10. The molecule has 2 N–H and O–H groups in total. The second kappa shape index (κ2) is 6.06. The van der Waals surface area contributed by atoms with E-state index in [4.69, 9.17) is 12.2 Å². The minimum atomic E-state index is 0.0454. The Bertz CT molecular complexity index is 581. The van der Waals surface area contributed by atoms with Crippen molar-refractivity contribution in [3.63, 3.8) is 0 Å². The van der Waals surface area contributed by atoms with Crippen molar-refractivity contribution in [2.24, 2.45) is 0 Å². The number of nitrogens with one attached hydrogen (secondary N) is 2. The molecule has 0 saturated heterocycles. The number of carbonyl (C=O) groups excluding carboxylic acids is 1. The summed E-state index contributed by atoms with van der Waals surface area (Å²) >= 11 is 5.19. The van der Waals surface area contributed by atoms with E-state index in [0.717, 1.165) is 11.4 Å². The zero-order valence-corrected chi connectivity index (χ0v) is 11.2. The van der Waals surface area contributed by atoms with Crippen LogP contribution in [0.2, 0.25) is 0 Å². The Morgan fingerprint density at radius 2 is 1.53 bits per heavy atom. The van der Waals surface area contributed by atoms with E-state index in [2.05, 4.69) is 15.6 Å². The van der Waals surface area contributed by atoms with Crippen LogP contribution in [0.3, 0.4) is 0 Å². The van der Waals surface area contributed by atoms with Gasteiger partial charge in [-0.3, -0.25) is 9.78 Å². The van der Waals surface area contributed by atoms with Gasteiger partial charge in [0.15, 0.2) is 10.9 Å². The van der Waals surface area contributed by atoms with Crippen molar-refractivity contribution in [3.05, 3.63) is 54.4 Å². The van der Waals surface area contributed by atoms with E-state index < -0.39 is 0 Å². The van der Waals surface area contributed by atoms with E-state index in [1.165, 1.54) is 6.92 Å². The summed E-state index contributed by atoms with van der Waals surface area (Å²) in [5.41, 5.74) is 2.38. The van der Waals surface area contributed by atoms with E-state index in [0.29, 0.717) is 10.7 Å². The number of carbonyl (C=O) groups is 1. The van der Waals surface area contributed by atoms with Gasteiger partial charge >= 0.3 is 0 Å². The van der Waals surface area contributed by atoms with Crippen LogP contribution < -0.4 is 10.6 Å². The molecular formula is C14H13N3OS. The van der Waals surface area contributed by atoms with Gasteiger partial charge in [0.1, 0.15) is 0 Å². The molecule has 0 atom stereocenters. The average molecular weight is 271 g/mol. The van der Waals surface area contributed by atoms with Gasteiger partial charge in [0.25, 0.3) is 0 Å². The average Bonchev–Trinajstić information content (AvgIpc) is 2.40. The number of hydrogen-bond acceptors (Lipinski definition) is 3. The predicted octanol–water partition coefficient (Wildman–Crippen LogP) is 3.09. The lowest BCUT2D eigenvalue weighted by atomic mass is 10.1. The molecule has 0 radical (unpaired) electrons. The fraction of sp³-hybridized carbons (Fsp3) is 0.0714. The Morgan fingerprint density at radius 1 is 1.00 bits per heavy atom. The number of anilines is 2. The molecule has 0 saturated carbocycles. The van der Waals surface area contributed by atoms with Crippen molar-refractivity contribution in [3.8, 4) is 0 Å². The molecule has 0 spiro atoms. The first-order valence-corrected chi connectivity index (χ1v) is 6.15. The topological polar surface area (TPSA) is 54.0 Å². The summed E-state index contributed by atoms with van der Waals surface area (Å²) in [7, 11) is 0. The fourth-order valence-corrected chi connectivity index (χ4v) is 1.75. The molecule has 2 rings (SSSR count). The SMILES string of the molecule is CC(=O)c1ccc(NC(=S)Nc2ccncc2)cc1. The standard InChI is InChI=1S/C14H13N3OS/c1-10(18)11-2-4-12(5-3-11)16-14(19)17-13-6-8-15-9-7-13/h2-9H,1H3,(H2,15,16,17,19). The molecule has 4 nitrogen and oxygen atoms in total. The van der Waals surface area contributed by atoms with Gasteiger partial charge in [-0.25, -0.2) is 0 Å². The smallest absolute Gasteiger partial charge is 0.175 e. The molecule has 0 aliphatic heterocycles. The third-order valence-electron chi connectivity index (χ3n) is 2.49. The minimum absolute atomic E-state index is 0.0454. The number of aromatic nitrogens is 1. The van der Waals surface area contributed by atoms with Crippen molar-refractivity contribution < 1.29 is 4.79 Å². The van der Waals surface area contributed by atoms with Crippen molar-refractivity contribution >= 4 is 34.5 Å². The summed E-state index contributed by atoms with van der Waals surface area (Å²) in [6.07, 6.45) is 3.37. The highest BCUT2D eigenvalue weighted by Gasteiger charge is 2.01. The summed E-state index contributed by atoms with van der Waals surface area (Å²) in [6.45, 7) is 1.54. The molecule has 0 unspecified atom stereocenters. The molecule has 2 aromatic rings. The zero-order chi connectivity index (χ0) is 13.7. The van der Waals surface area contributed by atoms with E-state index in [9.17, 15) is 4.79 Å². The Kier molecular flexibility index (Phi) is 4.20. The molecule has 19 heavy (non-hydrogen) atoms. The lowest BCUT2D eigenvalue weighted by Crippen LogP contribution is -2.19. The van der Waals surface area contributed by atoms with Crippen LogP contribution in [0, 0.1) is 0 Å². The van der Waals surface area contributed by atoms with Gasteiger partial charge in [-0.2, -0.15) is 0 Å². The molecule has 96 valence electrons. The van der Waals surface area contributed by atoms with Crippen molar-refractivity contribution in [2.45, 2.75) is 6.92 Å². The zero-order valence-electron chi connectivity index (χ0n) is 10.4. The van der Waals surface area contributed by atoms with Crippen molar-refractivity contribution in [1.82, 2.24) is 4.98 Å². The summed E-state index contributed by atoms with van der Waals surface area (Å²) < 4.78 is 0. The summed E-state index contributed by atoms with van der Waals surface area (Å²) in [6, 6.07) is 10.8. The second-order valence-corrected chi connectivity index (χ2v) is 4.36. The number of nitrogens with zero attached hydrogens (tertiary/aromatic N) is 1. The van der Waals surface area contributed by atoms with Gasteiger partial charge in [-0.1, -0.05) is 0 Å². The van der Waals surface area contributed by atoms with Crippen LogP contribution in [0.4, 0.5) is 11.4 Å². The Balaban J connectivity index is 1.97. The maximum atomic E-state index is 11.2. The Labute approximate surface area is 116 Å². The van der Waals surface area contributed by atoms with Crippen LogP contribution in [0.1, 0.15) is 17.3 Å². The number of benzene rings is 1. The minimum Gasteiger partial charge on any atom is -0.332 e. The maximum absolute atomic E-state index is 11.2. The van der Waals surface area contributed by atoms with E-state index in [-0.39, 0.29) is 5.78 Å². The first-order valence-electron chi connectivity index (χ1n) is 5.74. The molecule has 0 aliphatic carbocycles. The molecule has 1 aromatic heterocycles. The normalized spacial score (nSPS) is 9.74. The van der Waals surface area contributed by atoms with Crippen molar-refractivity contribution in [2.75, 3.05) is 10.6 Å². The quantitative estimate of drug-likeness (QED) is 0.663. The molecule has 1 heterocycles. The van der Waals surface area contributed by atoms with Gasteiger partial charge in [0, 0.05) is 29.3 Å². The first-order chi connectivity index (χ1) is 9.15. The monoisotopic (exact) mass is 271 g/mol. The van der Waals surface area contributed by atoms with Crippen LogP contribution in [0.15, 0.2) is 48.8 Å². The fourth-order valence-electron chi connectivity index (χ4n) is 1.52. The van der Waals surface area contributed by atoms with E-state index in [1.54, 1.807) is 24.5 Å². The number of thiocarbonyl (C=S) groups is 1. The summed E-state index contributed by atoms with van der Waals surface area (Å²) in [4.78, 5) is 15.1. The van der Waals surface area contributed by atoms with Crippen LogP contribution >= 0.6 is 12.2 Å². The van der Waals surface area contributed by atoms with Crippen molar-refractivity contribution in [1.29, 1.82) is 0 Å². The number of pyridine rings is 1. The van der Waals surface area contributed by atoms with Gasteiger partial charge in [0.2, 0.25) is 0 Å². The third kappa shape index (κ3) is 3.86. The molecule has 0 bridgehead atoms. The number of rotatable bonds is 3. The predicted molar refractivity (Wildman–Crippen MR) is 80.5 cm³/mol. The highest BCUT2D eigenvalue weighted by Crippen LogP contribution is 2.11. The second-order valence-electron chi connectivity index (χ2n) is 3.95. The number of hydrogen-bond donors (Lipinski definition) is 2. The van der Waals surface area contributed by atoms with Gasteiger partial charge in [-0.05, 0) is 55.5 Å². The largest absolute Gasteiger partial charge is 0.332 e. The van der Waals surface area contributed by atoms with Crippen LogP contribution in [0.5, 0.6) is 0 Å². The van der Waals surface area contributed by atoms with Gasteiger partial charge < -0.3 is 10.6 Å².